The highest BCUT2D eigenvalue weighted by molar-refractivity contribution is 6.23. The quantitative estimate of drug-likeness (QED) is 0.457. The predicted octanol–water partition coefficient (Wildman–Crippen LogP) is 2.60. The van der Waals surface area contributed by atoms with Gasteiger partial charge >= 0.3 is 6.18 Å². The maximum atomic E-state index is 13.5. The SMILES string of the molecule is CC(=O)c1cc(C(=O)N[C@@H]2C[C@@]3(C)O[C@@H](C2C)[C@@H]2C(=O)N(c4ccc(C#N)c(C(F)(F)F)c4)C(=O)[C@@H]23)n[nH]1. The number of carbonyl (C=O) groups is 4. The minimum atomic E-state index is -4.85. The maximum absolute atomic E-state index is 13.5. The van der Waals surface area contributed by atoms with Crippen molar-refractivity contribution in [2.75, 3.05) is 4.90 Å². The number of hydrogen-bond donors (Lipinski definition) is 2. The number of benzene rings is 1. The molecule has 4 heterocycles. The number of hydrogen-bond acceptors (Lipinski definition) is 7. The van der Waals surface area contributed by atoms with Gasteiger partial charge in [0.15, 0.2) is 11.5 Å². The van der Waals surface area contributed by atoms with Gasteiger partial charge in [0.25, 0.3) is 5.91 Å². The Morgan fingerprint density at radius 3 is 2.58 bits per heavy atom. The Kier molecular flexibility index (Phi) is 5.72. The molecule has 6 atom stereocenters. The summed E-state index contributed by atoms with van der Waals surface area (Å²) in [6.45, 7) is 4.73. The number of nitrogens with one attached hydrogen (secondary N) is 2. The van der Waals surface area contributed by atoms with Gasteiger partial charge < -0.3 is 10.1 Å². The van der Waals surface area contributed by atoms with E-state index >= 15 is 0 Å². The first-order valence-electron chi connectivity index (χ1n) is 11.8. The van der Waals surface area contributed by atoms with Gasteiger partial charge in [-0.05, 0) is 37.6 Å². The molecule has 1 unspecified atom stereocenters. The van der Waals surface area contributed by atoms with Crippen LogP contribution in [0.2, 0.25) is 0 Å². The van der Waals surface area contributed by atoms with Crippen molar-refractivity contribution in [1.82, 2.24) is 15.5 Å². The molecule has 0 radical (unpaired) electrons. The first kappa shape index (κ1) is 25.6. The van der Waals surface area contributed by atoms with E-state index < -0.39 is 70.5 Å². The summed E-state index contributed by atoms with van der Waals surface area (Å²) >= 11 is 0. The monoisotopic (exact) mass is 529 g/mol. The van der Waals surface area contributed by atoms with Crippen molar-refractivity contribution in [1.29, 1.82) is 5.26 Å². The lowest BCUT2D eigenvalue weighted by Gasteiger charge is -2.42. The number of H-pyrrole nitrogens is 1. The van der Waals surface area contributed by atoms with E-state index in [-0.39, 0.29) is 29.3 Å². The molecule has 1 aromatic heterocycles. The third-order valence-electron chi connectivity index (χ3n) is 7.74. The average Bonchev–Trinajstić information content (AvgIpc) is 3.51. The second-order valence-electron chi connectivity index (χ2n) is 10.1. The Bertz CT molecular complexity index is 1430. The fraction of sp³-hybridized carbons (Fsp3) is 0.440. The second kappa shape index (κ2) is 8.49. The van der Waals surface area contributed by atoms with Crippen molar-refractivity contribution in [3.05, 3.63) is 46.8 Å². The molecule has 0 saturated carbocycles. The molecule has 13 heteroatoms. The van der Waals surface area contributed by atoms with Gasteiger partial charge in [-0.1, -0.05) is 6.92 Å². The van der Waals surface area contributed by atoms with Crippen LogP contribution in [0.4, 0.5) is 18.9 Å². The van der Waals surface area contributed by atoms with Gasteiger partial charge in [-0.3, -0.25) is 24.3 Å². The van der Waals surface area contributed by atoms with E-state index in [4.69, 9.17) is 10.00 Å². The summed E-state index contributed by atoms with van der Waals surface area (Å²) in [6.07, 6.45) is -5.47. The minimum Gasteiger partial charge on any atom is -0.370 e. The fourth-order valence-corrected chi connectivity index (χ4v) is 5.88. The largest absolute Gasteiger partial charge is 0.417 e. The van der Waals surface area contributed by atoms with Crippen molar-refractivity contribution in [2.45, 2.75) is 51.1 Å². The van der Waals surface area contributed by atoms with Crippen LogP contribution in [0.1, 0.15) is 59.3 Å². The lowest BCUT2D eigenvalue weighted by Crippen LogP contribution is -2.54. The lowest BCUT2D eigenvalue weighted by atomic mass is 9.81. The summed E-state index contributed by atoms with van der Waals surface area (Å²) in [7, 11) is 0. The van der Waals surface area contributed by atoms with E-state index in [9.17, 15) is 32.3 Å². The molecule has 0 spiro atoms. The number of nitriles is 1. The van der Waals surface area contributed by atoms with Crippen LogP contribution in [-0.2, 0) is 20.5 Å². The zero-order valence-electron chi connectivity index (χ0n) is 20.4. The van der Waals surface area contributed by atoms with Crippen LogP contribution >= 0.6 is 0 Å². The molecule has 3 fully saturated rings. The summed E-state index contributed by atoms with van der Waals surface area (Å²) in [5.41, 5.74) is -3.11. The molecule has 10 nitrogen and oxygen atoms in total. The normalized spacial score (nSPS) is 30.2. The predicted molar refractivity (Wildman–Crippen MR) is 123 cm³/mol. The number of amides is 3. The third-order valence-corrected chi connectivity index (χ3v) is 7.74. The van der Waals surface area contributed by atoms with E-state index in [0.717, 1.165) is 17.0 Å². The van der Waals surface area contributed by atoms with Crippen molar-refractivity contribution < 1.29 is 37.1 Å². The van der Waals surface area contributed by atoms with Crippen molar-refractivity contribution in [3.63, 3.8) is 0 Å². The van der Waals surface area contributed by atoms with Crippen molar-refractivity contribution in [3.8, 4) is 6.07 Å². The summed E-state index contributed by atoms with van der Waals surface area (Å²) < 4.78 is 46.7. The van der Waals surface area contributed by atoms with Crippen molar-refractivity contribution in [2.24, 2.45) is 17.8 Å². The number of Topliss-reactive ketones (excluding diaryl/α,β-unsaturated/α-hetero) is 1. The molecule has 3 aliphatic heterocycles. The molecular formula is C25H22F3N5O5. The second-order valence-corrected chi connectivity index (χ2v) is 10.1. The Balaban J connectivity index is 1.42. The smallest absolute Gasteiger partial charge is 0.370 e. The highest BCUT2D eigenvalue weighted by atomic mass is 19.4. The summed E-state index contributed by atoms with van der Waals surface area (Å²) in [5, 5.41) is 18.3. The van der Waals surface area contributed by atoms with Crippen LogP contribution in [0.5, 0.6) is 0 Å². The molecule has 5 rings (SSSR count). The molecular weight excluding hydrogens is 507 g/mol. The molecule has 2 N–H and O–H groups in total. The van der Waals surface area contributed by atoms with Gasteiger partial charge in [-0.2, -0.15) is 23.5 Å². The molecule has 3 amide bonds. The summed E-state index contributed by atoms with van der Waals surface area (Å²) in [5.74, 6) is -4.58. The van der Waals surface area contributed by atoms with E-state index in [1.807, 2.05) is 0 Å². The van der Waals surface area contributed by atoms with Crippen LogP contribution in [0.3, 0.4) is 0 Å². The number of anilines is 1. The molecule has 3 saturated heterocycles. The summed E-state index contributed by atoms with van der Waals surface area (Å²) in [4.78, 5) is 52.1. The maximum Gasteiger partial charge on any atom is 0.417 e. The Hall–Kier alpha value is -4.05. The minimum absolute atomic E-state index is 0.00574. The zero-order valence-corrected chi connectivity index (χ0v) is 20.4. The third kappa shape index (κ3) is 3.78. The van der Waals surface area contributed by atoms with Crippen LogP contribution in [-0.4, -0.2) is 51.4 Å². The van der Waals surface area contributed by atoms with Gasteiger partial charge in [0.1, 0.15) is 5.69 Å². The van der Waals surface area contributed by atoms with Gasteiger partial charge in [0, 0.05) is 18.9 Å². The number of rotatable bonds is 4. The lowest BCUT2D eigenvalue weighted by molar-refractivity contribution is -0.142. The average molecular weight is 529 g/mol. The number of halogens is 3. The molecule has 198 valence electrons. The van der Waals surface area contributed by atoms with E-state index in [0.29, 0.717) is 6.07 Å². The standard InChI is InChI=1S/C25H22F3N5O5/c1-10-17(30-21(35)16-7-15(11(2)34)31-32-16)8-24(3)19-18(20(10)38-24)22(36)33(23(19)37)13-5-4-12(9-29)14(6-13)25(26,27)28/h4-7,10,17-20H,8H2,1-3H3,(H,30,35)(H,31,32)/t10?,17-,18-,19-,20+,24-/m1/s1. The van der Waals surface area contributed by atoms with Gasteiger partial charge in [-0.15, -0.1) is 0 Å². The molecule has 2 bridgehead atoms. The van der Waals surface area contributed by atoms with Gasteiger partial charge in [0.2, 0.25) is 11.8 Å². The van der Waals surface area contributed by atoms with Crippen LogP contribution in [0.25, 0.3) is 0 Å². The highest BCUT2D eigenvalue weighted by Gasteiger charge is 2.69. The van der Waals surface area contributed by atoms with Crippen LogP contribution in [0.15, 0.2) is 24.3 Å². The Labute approximate surface area is 214 Å². The highest BCUT2D eigenvalue weighted by Crippen LogP contribution is 2.55. The number of alkyl halides is 3. The Morgan fingerprint density at radius 1 is 1.26 bits per heavy atom. The van der Waals surface area contributed by atoms with E-state index in [1.54, 1.807) is 13.8 Å². The zero-order chi connectivity index (χ0) is 27.7. The molecule has 3 aliphatic rings. The number of ketones is 1. The number of aromatic amines is 1. The first-order chi connectivity index (χ1) is 17.8. The van der Waals surface area contributed by atoms with E-state index in [1.165, 1.54) is 19.1 Å². The van der Waals surface area contributed by atoms with Crippen molar-refractivity contribution >= 4 is 29.2 Å². The van der Waals surface area contributed by atoms with Gasteiger partial charge in [0.05, 0.1) is 46.4 Å². The topological polar surface area (TPSA) is 145 Å². The number of aromatic nitrogens is 2. The number of nitrogens with zero attached hydrogens (tertiary/aromatic N) is 3. The molecule has 38 heavy (non-hydrogen) atoms. The van der Waals surface area contributed by atoms with Crippen LogP contribution in [0, 0.1) is 29.1 Å². The number of fused-ring (bicyclic) bond motifs is 5. The molecule has 1 aromatic carbocycles. The fourth-order valence-electron chi connectivity index (χ4n) is 5.88. The Morgan fingerprint density at radius 2 is 1.97 bits per heavy atom. The first-order valence-corrected chi connectivity index (χ1v) is 11.8. The number of carbonyl (C=O) groups excluding carboxylic acids is 4. The number of ether oxygens (including phenoxy) is 1. The van der Waals surface area contributed by atoms with Crippen LogP contribution < -0.4 is 10.2 Å². The van der Waals surface area contributed by atoms with Gasteiger partial charge in [-0.25, -0.2) is 4.90 Å². The van der Waals surface area contributed by atoms with E-state index in [2.05, 4.69) is 15.5 Å². The molecule has 2 aromatic rings. The molecule has 0 aliphatic carbocycles. The summed E-state index contributed by atoms with van der Waals surface area (Å²) in [6, 6.07) is 5.02. The number of imide groups is 1.